The number of ether oxygens (including phenoxy) is 4. The van der Waals surface area contributed by atoms with Gasteiger partial charge in [-0.15, -0.1) is 0 Å². The molecule has 1 aromatic heterocycles. The molecule has 0 spiro atoms. The minimum absolute atomic E-state index is 0.169. The summed E-state index contributed by atoms with van der Waals surface area (Å²) in [7, 11) is 1.45. The molecule has 2 aromatic carbocycles. The van der Waals surface area contributed by atoms with Crippen LogP contribution in [0.4, 0.5) is 0 Å². The van der Waals surface area contributed by atoms with Crippen LogP contribution >= 0.6 is 0 Å². The Morgan fingerprint density at radius 3 is 2.03 bits per heavy atom. The number of rotatable bonds is 5. The van der Waals surface area contributed by atoms with Crippen molar-refractivity contribution in [2.24, 2.45) is 0 Å². The number of carbonyl (C=O) groups excluding carboxylic acids is 3. The molecule has 0 amide bonds. The Morgan fingerprint density at radius 2 is 1.41 bits per heavy atom. The highest BCUT2D eigenvalue weighted by atomic mass is 16.6. The fourth-order valence-electron chi connectivity index (χ4n) is 2.75. The quantitative estimate of drug-likeness (QED) is 0.471. The van der Waals surface area contributed by atoms with Crippen molar-refractivity contribution >= 4 is 28.9 Å². The SMILES string of the molecule is COc1cc2oc(-c3ccc(OC(C)=O)cc3OC(C)=O)cc2cc1OC(C)=O. The van der Waals surface area contributed by atoms with Crippen LogP contribution in [0.15, 0.2) is 40.8 Å². The fourth-order valence-corrected chi connectivity index (χ4v) is 2.75. The summed E-state index contributed by atoms with van der Waals surface area (Å²) in [5.74, 6) is -0.141. The molecular weight excluding hydrogens is 380 g/mol. The lowest BCUT2D eigenvalue weighted by Crippen LogP contribution is -2.05. The van der Waals surface area contributed by atoms with Gasteiger partial charge in [0.1, 0.15) is 22.8 Å². The molecule has 0 saturated heterocycles. The first-order valence-corrected chi connectivity index (χ1v) is 8.58. The first kappa shape index (κ1) is 19.9. The summed E-state index contributed by atoms with van der Waals surface area (Å²) in [6.45, 7) is 3.82. The average Bonchev–Trinajstić information content (AvgIpc) is 3.02. The molecule has 3 aromatic rings. The average molecular weight is 398 g/mol. The molecule has 0 aliphatic rings. The lowest BCUT2D eigenvalue weighted by molar-refractivity contribution is -0.133. The van der Waals surface area contributed by atoms with Gasteiger partial charge in [0.05, 0.1) is 12.7 Å². The second-order valence-electron chi connectivity index (χ2n) is 6.09. The van der Waals surface area contributed by atoms with Crippen LogP contribution in [0, 0.1) is 0 Å². The molecule has 0 saturated carbocycles. The molecule has 0 radical (unpaired) electrons. The van der Waals surface area contributed by atoms with Gasteiger partial charge in [-0.1, -0.05) is 0 Å². The smallest absolute Gasteiger partial charge is 0.308 e. The predicted octanol–water partition coefficient (Wildman–Crippen LogP) is 3.88. The van der Waals surface area contributed by atoms with Crippen LogP contribution in [0.2, 0.25) is 0 Å². The van der Waals surface area contributed by atoms with Crippen LogP contribution < -0.4 is 18.9 Å². The molecule has 0 aliphatic carbocycles. The molecule has 1 heterocycles. The molecule has 0 atom stereocenters. The maximum absolute atomic E-state index is 11.5. The highest BCUT2D eigenvalue weighted by Crippen LogP contribution is 2.40. The summed E-state index contributed by atoms with van der Waals surface area (Å²) in [5.41, 5.74) is 0.950. The van der Waals surface area contributed by atoms with E-state index in [1.54, 1.807) is 30.3 Å². The second-order valence-corrected chi connectivity index (χ2v) is 6.09. The molecule has 0 N–H and O–H groups in total. The molecule has 0 unspecified atom stereocenters. The third kappa shape index (κ3) is 4.55. The van der Waals surface area contributed by atoms with E-state index in [0.29, 0.717) is 28.0 Å². The summed E-state index contributed by atoms with van der Waals surface area (Å²) >= 11 is 0. The van der Waals surface area contributed by atoms with Gasteiger partial charge in [0.15, 0.2) is 11.5 Å². The molecule has 150 valence electrons. The van der Waals surface area contributed by atoms with Crippen molar-refractivity contribution in [2.45, 2.75) is 20.8 Å². The zero-order chi connectivity index (χ0) is 21.1. The first-order valence-electron chi connectivity index (χ1n) is 8.58. The Bertz CT molecular complexity index is 1110. The van der Waals surface area contributed by atoms with Gasteiger partial charge in [0.2, 0.25) is 0 Å². The van der Waals surface area contributed by atoms with E-state index in [1.807, 2.05) is 0 Å². The number of fused-ring (bicyclic) bond motifs is 1. The van der Waals surface area contributed by atoms with Crippen molar-refractivity contribution in [1.82, 2.24) is 0 Å². The van der Waals surface area contributed by atoms with Gasteiger partial charge in [0.25, 0.3) is 0 Å². The van der Waals surface area contributed by atoms with E-state index in [2.05, 4.69) is 0 Å². The number of benzene rings is 2. The molecule has 8 nitrogen and oxygen atoms in total. The third-order valence-electron chi connectivity index (χ3n) is 3.79. The maximum Gasteiger partial charge on any atom is 0.308 e. The normalized spacial score (nSPS) is 10.5. The maximum atomic E-state index is 11.5. The number of hydrogen-bond acceptors (Lipinski definition) is 8. The molecule has 3 rings (SSSR count). The van der Waals surface area contributed by atoms with Crippen LogP contribution in [0.3, 0.4) is 0 Å². The number of methoxy groups -OCH3 is 1. The van der Waals surface area contributed by atoms with Crippen molar-refractivity contribution < 1.29 is 37.7 Å². The summed E-state index contributed by atoms with van der Waals surface area (Å²) in [6.07, 6.45) is 0. The van der Waals surface area contributed by atoms with Crippen LogP contribution in [-0.2, 0) is 14.4 Å². The van der Waals surface area contributed by atoms with E-state index in [9.17, 15) is 14.4 Å². The molecule has 0 aliphatic heterocycles. The van der Waals surface area contributed by atoms with E-state index in [1.165, 1.54) is 33.9 Å². The molecule has 0 bridgehead atoms. The van der Waals surface area contributed by atoms with Gasteiger partial charge in [-0.2, -0.15) is 0 Å². The van der Waals surface area contributed by atoms with Crippen molar-refractivity contribution in [1.29, 1.82) is 0 Å². The number of carbonyl (C=O) groups is 3. The molecule has 0 fully saturated rings. The van der Waals surface area contributed by atoms with E-state index < -0.39 is 17.9 Å². The zero-order valence-electron chi connectivity index (χ0n) is 16.2. The monoisotopic (exact) mass is 398 g/mol. The van der Waals surface area contributed by atoms with Crippen molar-refractivity contribution in [2.75, 3.05) is 7.11 Å². The minimum atomic E-state index is -0.541. The summed E-state index contributed by atoms with van der Waals surface area (Å²) in [4.78, 5) is 34.0. The first-order chi connectivity index (χ1) is 13.8. The van der Waals surface area contributed by atoms with E-state index in [4.69, 9.17) is 23.4 Å². The van der Waals surface area contributed by atoms with Crippen molar-refractivity contribution in [3.63, 3.8) is 0 Å². The summed E-state index contributed by atoms with van der Waals surface area (Å²) < 4.78 is 26.6. The number of hydrogen-bond donors (Lipinski definition) is 0. The van der Waals surface area contributed by atoms with Crippen molar-refractivity contribution in [3.05, 3.63) is 36.4 Å². The van der Waals surface area contributed by atoms with Gasteiger partial charge in [-0.05, 0) is 24.3 Å². The highest BCUT2D eigenvalue weighted by Gasteiger charge is 2.18. The number of furan rings is 1. The van der Waals surface area contributed by atoms with Crippen LogP contribution in [0.1, 0.15) is 20.8 Å². The van der Waals surface area contributed by atoms with E-state index in [0.717, 1.165) is 0 Å². The van der Waals surface area contributed by atoms with Gasteiger partial charge >= 0.3 is 17.9 Å². The topological polar surface area (TPSA) is 101 Å². The Morgan fingerprint density at radius 1 is 0.759 bits per heavy atom. The molecule has 29 heavy (non-hydrogen) atoms. The Balaban J connectivity index is 2.10. The second kappa shape index (κ2) is 8.05. The standard InChI is InChI=1S/C21H18O8/c1-11(22)26-15-5-6-16(19(9-15)27-12(2)23)18-7-14-8-21(28-13(3)24)20(25-4)10-17(14)29-18/h5-10H,1-4H3. The number of esters is 3. The minimum Gasteiger partial charge on any atom is -0.493 e. The summed E-state index contributed by atoms with van der Waals surface area (Å²) in [6, 6.07) is 9.50. The zero-order valence-corrected chi connectivity index (χ0v) is 16.2. The highest BCUT2D eigenvalue weighted by molar-refractivity contribution is 5.88. The van der Waals surface area contributed by atoms with Crippen molar-refractivity contribution in [3.8, 4) is 34.3 Å². The van der Waals surface area contributed by atoms with Gasteiger partial charge in [0, 0.05) is 38.3 Å². The molecule has 8 heteroatoms. The Kier molecular flexibility index (Phi) is 5.54. The van der Waals surface area contributed by atoms with E-state index in [-0.39, 0.29) is 17.2 Å². The lowest BCUT2D eigenvalue weighted by Gasteiger charge is -2.09. The fraction of sp³-hybridized carbons (Fsp3) is 0.190. The summed E-state index contributed by atoms with van der Waals surface area (Å²) in [5, 5.41) is 0.648. The Labute approximate surface area is 165 Å². The van der Waals surface area contributed by atoms with Gasteiger partial charge < -0.3 is 23.4 Å². The van der Waals surface area contributed by atoms with Gasteiger partial charge in [-0.3, -0.25) is 14.4 Å². The van der Waals surface area contributed by atoms with Crippen LogP contribution in [0.5, 0.6) is 23.0 Å². The van der Waals surface area contributed by atoms with E-state index >= 15 is 0 Å². The third-order valence-corrected chi connectivity index (χ3v) is 3.79. The largest absolute Gasteiger partial charge is 0.493 e. The lowest BCUT2D eigenvalue weighted by atomic mass is 10.1. The predicted molar refractivity (Wildman–Crippen MR) is 102 cm³/mol. The van der Waals surface area contributed by atoms with Gasteiger partial charge in [-0.25, -0.2) is 0 Å². The van der Waals surface area contributed by atoms with Crippen LogP contribution in [-0.4, -0.2) is 25.0 Å². The Hall–Kier alpha value is -3.81. The molecular formula is C21H18O8. The van der Waals surface area contributed by atoms with Crippen LogP contribution in [0.25, 0.3) is 22.3 Å².